The zero-order valence-electron chi connectivity index (χ0n) is 14.7. The standard InChI is InChI=1S/C19H18O8/c1-10(20)26-8-19(11-3-4-15(25-2)13(22)5-11)9-27-16-7-12(21)6-14(23)17(16)18(19)24/h3-7,21-23H,8-9H2,1-2H3. The van der Waals surface area contributed by atoms with Gasteiger partial charge in [0, 0.05) is 19.1 Å². The van der Waals surface area contributed by atoms with Crippen molar-refractivity contribution in [2.24, 2.45) is 0 Å². The van der Waals surface area contributed by atoms with Crippen LogP contribution in [0.3, 0.4) is 0 Å². The van der Waals surface area contributed by atoms with Crippen molar-refractivity contribution in [2.45, 2.75) is 12.3 Å². The number of carbonyl (C=O) groups excluding carboxylic acids is 2. The topological polar surface area (TPSA) is 123 Å². The Morgan fingerprint density at radius 3 is 2.56 bits per heavy atom. The zero-order valence-corrected chi connectivity index (χ0v) is 14.7. The number of ketones is 1. The van der Waals surface area contributed by atoms with Crippen molar-refractivity contribution in [1.29, 1.82) is 0 Å². The molecule has 0 aromatic heterocycles. The van der Waals surface area contributed by atoms with Crippen molar-refractivity contribution in [3.05, 3.63) is 41.5 Å². The normalized spacial score (nSPS) is 18.4. The molecule has 1 aliphatic rings. The van der Waals surface area contributed by atoms with Crippen molar-refractivity contribution in [3.63, 3.8) is 0 Å². The van der Waals surface area contributed by atoms with Crippen LogP contribution in [0.4, 0.5) is 0 Å². The summed E-state index contributed by atoms with van der Waals surface area (Å²) in [6.45, 7) is 0.629. The smallest absolute Gasteiger partial charge is 0.302 e. The first kappa shape index (κ1) is 18.4. The van der Waals surface area contributed by atoms with Crippen LogP contribution in [0.1, 0.15) is 22.8 Å². The number of phenols is 3. The number of hydrogen-bond donors (Lipinski definition) is 3. The maximum atomic E-state index is 13.3. The van der Waals surface area contributed by atoms with Crippen molar-refractivity contribution in [1.82, 2.24) is 0 Å². The molecule has 3 rings (SSSR count). The maximum Gasteiger partial charge on any atom is 0.302 e. The first-order valence-electron chi connectivity index (χ1n) is 8.03. The molecule has 2 aromatic rings. The van der Waals surface area contributed by atoms with Gasteiger partial charge in [-0.05, 0) is 17.7 Å². The van der Waals surface area contributed by atoms with Gasteiger partial charge in [0.25, 0.3) is 0 Å². The quantitative estimate of drug-likeness (QED) is 0.694. The minimum Gasteiger partial charge on any atom is -0.508 e. The van der Waals surface area contributed by atoms with Gasteiger partial charge in [-0.15, -0.1) is 0 Å². The van der Waals surface area contributed by atoms with Gasteiger partial charge in [-0.2, -0.15) is 0 Å². The third-order valence-corrected chi connectivity index (χ3v) is 4.46. The van der Waals surface area contributed by atoms with E-state index >= 15 is 0 Å². The highest BCUT2D eigenvalue weighted by atomic mass is 16.5. The highest BCUT2D eigenvalue weighted by Crippen LogP contribution is 2.44. The monoisotopic (exact) mass is 374 g/mol. The second kappa shape index (κ2) is 6.71. The summed E-state index contributed by atoms with van der Waals surface area (Å²) in [4.78, 5) is 24.7. The van der Waals surface area contributed by atoms with E-state index in [1.54, 1.807) is 6.07 Å². The van der Waals surface area contributed by atoms with E-state index in [0.717, 1.165) is 6.07 Å². The predicted octanol–water partition coefficient (Wildman–Crippen LogP) is 1.89. The van der Waals surface area contributed by atoms with E-state index in [2.05, 4.69) is 0 Å². The fraction of sp³-hybridized carbons (Fsp3) is 0.263. The maximum absolute atomic E-state index is 13.3. The number of carbonyl (C=O) groups is 2. The summed E-state index contributed by atoms with van der Waals surface area (Å²) in [6.07, 6.45) is 0. The molecule has 0 saturated carbocycles. The summed E-state index contributed by atoms with van der Waals surface area (Å²) < 4.78 is 15.7. The van der Waals surface area contributed by atoms with Gasteiger partial charge in [-0.1, -0.05) is 6.07 Å². The number of rotatable bonds is 4. The van der Waals surface area contributed by atoms with E-state index < -0.39 is 22.9 Å². The molecule has 1 atom stereocenters. The van der Waals surface area contributed by atoms with Crippen LogP contribution in [0.2, 0.25) is 0 Å². The molecular weight excluding hydrogens is 356 g/mol. The van der Waals surface area contributed by atoms with E-state index in [1.807, 2.05) is 0 Å². The SMILES string of the molecule is COc1ccc(C2(COC(C)=O)COc3cc(O)cc(O)c3C2=O)cc1O. The average Bonchev–Trinajstić information content (AvgIpc) is 2.60. The zero-order chi connectivity index (χ0) is 19.8. The van der Waals surface area contributed by atoms with Gasteiger partial charge in [0.15, 0.2) is 17.3 Å². The molecule has 0 amide bonds. The minimum absolute atomic E-state index is 0.0219. The molecule has 0 aliphatic carbocycles. The second-order valence-electron chi connectivity index (χ2n) is 6.20. The molecule has 27 heavy (non-hydrogen) atoms. The van der Waals surface area contributed by atoms with E-state index in [1.165, 1.54) is 32.2 Å². The van der Waals surface area contributed by atoms with Crippen molar-refractivity contribution in [2.75, 3.05) is 20.3 Å². The fourth-order valence-electron chi connectivity index (χ4n) is 3.05. The number of fused-ring (bicyclic) bond motifs is 1. The van der Waals surface area contributed by atoms with E-state index in [4.69, 9.17) is 14.2 Å². The number of esters is 1. The number of ether oxygens (including phenoxy) is 3. The number of methoxy groups -OCH3 is 1. The minimum atomic E-state index is -1.49. The number of Topliss-reactive ketones (excluding diaryl/α,β-unsaturated/α-hetero) is 1. The van der Waals surface area contributed by atoms with Gasteiger partial charge in [0.1, 0.15) is 41.4 Å². The third kappa shape index (κ3) is 3.10. The number of aromatic hydroxyl groups is 3. The second-order valence-corrected chi connectivity index (χ2v) is 6.20. The molecule has 1 heterocycles. The molecule has 2 aromatic carbocycles. The van der Waals surface area contributed by atoms with Gasteiger partial charge in [0.05, 0.1) is 7.11 Å². The van der Waals surface area contributed by atoms with Crippen LogP contribution >= 0.6 is 0 Å². The molecule has 142 valence electrons. The summed E-state index contributed by atoms with van der Waals surface area (Å²) >= 11 is 0. The van der Waals surface area contributed by atoms with Crippen LogP contribution in [-0.4, -0.2) is 47.4 Å². The molecule has 0 radical (unpaired) electrons. The number of phenolic OH excluding ortho intramolecular Hbond substituents is 3. The van der Waals surface area contributed by atoms with Crippen LogP contribution in [0.15, 0.2) is 30.3 Å². The lowest BCUT2D eigenvalue weighted by Crippen LogP contribution is -2.49. The Labute approximate surface area is 154 Å². The highest BCUT2D eigenvalue weighted by Gasteiger charge is 2.48. The lowest BCUT2D eigenvalue weighted by molar-refractivity contribution is -0.142. The van der Waals surface area contributed by atoms with E-state index in [9.17, 15) is 24.9 Å². The molecule has 3 N–H and O–H groups in total. The van der Waals surface area contributed by atoms with Gasteiger partial charge < -0.3 is 29.5 Å². The number of benzene rings is 2. The summed E-state index contributed by atoms with van der Waals surface area (Å²) in [6, 6.07) is 6.58. The summed E-state index contributed by atoms with van der Waals surface area (Å²) in [7, 11) is 1.39. The molecular formula is C19H18O8. The van der Waals surface area contributed by atoms with Crippen molar-refractivity contribution in [3.8, 4) is 28.7 Å². The summed E-state index contributed by atoms with van der Waals surface area (Å²) in [5.41, 5.74) is -1.30. The number of hydrogen-bond acceptors (Lipinski definition) is 8. The molecule has 0 bridgehead atoms. The van der Waals surface area contributed by atoms with Crippen LogP contribution in [-0.2, 0) is 14.9 Å². The molecule has 0 saturated heterocycles. The Kier molecular flexibility index (Phi) is 4.57. The van der Waals surface area contributed by atoms with Crippen molar-refractivity contribution >= 4 is 11.8 Å². The Morgan fingerprint density at radius 2 is 1.93 bits per heavy atom. The third-order valence-electron chi connectivity index (χ3n) is 4.46. The highest BCUT2D eigenvalue weighted by molar-refractivity contribution is 6.09. The summed E-state index contributed by atoms with van der Waals surface area (Å²) in [5, 5.41) is 29.9. The van der Waals surface area contributed by atoms with E-state index in [0.29, 0.717) is 5.56 Å². The molecule has 8 nitrogen and oxygen atoms in total. The van der Waals surface area contributed by atoms with Gasteiger partial charge in [-0.3, -0.25) is 9.59 Å². The van der Waals surface area contributed by atoms with Crippen LogP contribution in [0.25, 0.3) is 0 Å². The van der Waals surface area contributed by atoms with Gasteiger partial charge >= 0.3 is 5.97 Å². The Balaban J connectivity index is 2.15. The lowest BCUT2D eigenvalue weighted by atomic mass is 9.73. The Morgan fingerprint density at radius 1 is 1.19 bits per heavy atom. The molecule has 1 aliphatic heterocycles. The van der Waals surface area contributed by atoms with Crippen LogP contribution < -0.4 is 9.47 Å². The molecule has 8 heteroatoms. The van der Waals surface area contributed by atoms with Gasteiger partial charge in [-0.25, -0.2) is 0 Å². The fourth-order valence-corrected chi connectivity index (χ4v) is 3.05. The van der Waals surface area contributed by atoms with Gasteiger partial charge in [0.2, 0.25) is 0 Å². The van der Waals surface area contributed by atoms with Crippen LogP contribution in [0, 0.1) is 0 Å². The Hall–Kier alpha value is -3.42. The predicted molar refractivity (Wildman–Crippen MR) is 92.6 cm³/mol. The molecule has 0 spiro atoms. The first-order chi connectivity index (χ1) is 12.8. The molecule has 1 unspecified atom stereocenters. The van der Waals surface area contributed by atoms with Crippen LogP contribution in [0.5, 0.6) is 28.7 Å². The van der Waals surface area contributed by atoms with Crippen molar-refractivity contribution < 1.29 is 39.1 Å². The molecule has 0 fully saturated rings. The first-order valence-corrected chi connectivity index (χ1v) is 8.03. The lowest BCUT2D eigenvalue weighted by Gasteiger charge is -2.36. The largest absolute Gasteiger partial charge is 0.508 e. The Bertz CT molecular complexity index is 920. The average molecular weight is 374 g/mol. The summed E-state index contributed by atoms with van der Waals surface area (Å²) in [5.74, 6) is -1.85. The van der Waals surface area contributed by atoms with E-state index in [-0.39, 0.29) is 41.8 Å².